The molecule has 5 heteroatoms. The van der Waals surface area contributed by atoms with Crippen LogP contribution in [0.2, 0.25) is 0 Å². The van der Waals surface area contributed by atoms with Crippen LogP contribution in [0, 0.1) is 0 Å². The summed E-state index contributed by atoms with van der Waals surface area (Å²) in [5.41, 5.74) is -0.0935. The molecule has 0 saturated carbocycles. The molecular weight excluding hydrogens is 194 g/mol. The average molecular weight is 211 g/mol. The molecule has 0 aliphatic heterocycles. The van der Waals surface area contributed by atoms with Gasteiger partial charge in [-0.1, -0.05) is 0 Å². The number of aliphatic hydroxyl groups is 1. The van der Waals surface area contributed by atoms with E-state index < -0.39 is 0 Å². The minimum Gasteiger partial charge on any atom is -0.396 e. The van der Waals surface area contributed by atoms with Gasteiger partial charge in [-0.2, -0.15) is 0 Å². The lowest BCUT2D eigenvalue weighted by Gasteiger charge is -2.06. The van der Waals surface area contributed by atoms with Crippen molar-refractivity contribution in [3.8, 4) is 0 Å². The smallest absolute Gasteiger partial charge is 0.293 e. The van der Waals surface area contributed by atoms with Gasteiger partial charge in [0.25, 0.3) is 5.56 Å². The lowest BCUT2D eigenvalue weighted by Crippen LogP contribution is -2.24. The number of unbranched alkanes of at least 4 members (excludes halogenated alkanes) is 1. The maximum Gasteiger partial charge on any atom is 0.293 e. The van der Waals surface area contributed by atoms with Crippen molar-refractivity contribution < 1.29 is 5.11 Å². The highest BCUT2D eigenvalue weighted by molar-refractivity contribution is 5.30. The molecule has 0 radical (unpaired) electrons. The van der Waals surface area contributed by atoms with Crippen LogP contribution in [-0.4, -0.2) is 27.8 Å². The predicted octanol–water partition coefficient (Wildman–Crippen LogP) is 0.448. The number of aryl methyl sites for hydroxylation is 1. The molecular formula is C10H17N3O2. The first-order valence-corrected chi connectivity index (χ1v) is 5.19. The molecule has 84 valence electrons. The monoisotopic (exact) mass is 211 g/mol. The van der Waals surface area contributed by atoms with Crippen molar-refractivity contribution in [3.05, 3.63) is 22.7 Å². The average Bonchev–Trinajstić information content (AvgIpc) is 2.26. The van der Waals surface area contributed by atoms with Gasteiger partial charge in [-0.3, -0.25) is 4.79 Å². The van der Waals surface area contributed by atoms with Crippen LogP contribution >= 0.6 is 0 Å². The van der Waals surface area contributed by atoms with Gasteiger partial charge in [-0.05, 0) is 19.8 Å². The van der Waals surface area contributed by atoms with E-state index in [1.165, 1.54) is 0 Å². The summed E-state index contributed by atoms with van der Waals surface area (Å²) in [5.74, 6) is 0.386. The Morgan fingerprint density at radius 3 is 3.00 bits per heavy atom. The van der Waals surface area contributed by atoms with Gasteiger partial charge in [0, 0.05) is 32.1 Å². The number of anilines is 1. The first-order chi connectivity index (χ1) is 7.29. The lowest BCUT2D eigenvalue weighted by atomic mass is 10.3. The quantitative estimate of drug-likeness (QED) is 0.670. The minimum atomic E-state index is -0.0935. The number of nitrogens with zero attached hydrogens (tertiary/aromatic N) is 2. The zero-order valence-corrected chi connectivity index (χ0v) is 8.94. The second-order valence-electron chi connectivity index (χ2n) is 3.22. The Kier molecular flexibility index (Phi) is 4.83. The summed E-state index contributed by atoms with van der Waals surface area (Å²) in [6, 6.07) is 0. The Labute approximate surface area is 88.8 Å². The largest absolute Gasteiger partial charge is 0.396 e. The molecule has 15 heavy (non-hydrogen) atoms. The molecule has 0 aliphatic carbocycles. The number of aliphatic hydroxyl groups excluding tert-OH is 1. The van der Waals surface area contributed by atoms with Gasteiger partial charge in [0.2, 0.25) is 0 Å². The molecule has 1 rings (SSSR count). The van der Waals surface area contributed by atoms with Crippen LogP contribution in [-0.2, 0) is 6.54 Å². The Balaban J connectivity index is 2.57. The maximum absolute atomic E-state index is 11.7. The van der Waals surface area contributed by atoms with E-state index in [2.05, 4.69) is 10.3 Å². The number of hydrogen-bond donors (Lipinski definition) is 2. The van der Waals surface area contributed by atoms with E-state index in [9.17, 15) is 4.79 Å². The van der Waals surface area contributed by atoms with Gasteiger partial charge in [0.15, 0.2) is 5.82 Å². The van der Waals surface area contributed by atoms with E-state index >= 15 is 0 Å². The summed E-state index contributed by atoms with van der Waals surface area (Å²) in [5, 5.41) is 11.6. The predicted molar refractivity (Wildman–Crippen MR) is 59.0 cm³/mol. The molecule has 0 unspecified atom stereocenters. The molecule has 0 spiro atoms. The van der Waals surface area contributed by atoms with Crippen molar-refractivity contribution in [2.24, 2.45) is 0 Å². The second kappa shape index (κ2) is 6.19. The molecule has 1 aromatic rings. The highest BCUT2D eigenvalue weighted by Crippen LogP contribution is 1.94. The fourth-order valence-corrected chi connectivity index (χ4v) is 1.26. The fourth-order valence-electron chi connectivity index (χ4n) is 1.26. The van der Waals surface area contributed by atoms with E-state index in [1.807, 2.05) is 6.92 Å². The molecule has 0 aromatic carbocycles. The summed E-state index contributed by atoms with van der Waals surface area (Å²) in [6.07, 6.45) is 4.85. The molecule has 0 atom stereocenters. The normalized spacial score (nSPS) is 10.3. The third kappa shape index (κ3) is 3.36. The molecule has 2 N–H and O–H groups in total. The van der Waals surface area contributed by atoms with E-state index in [1.54, 1.807) is 17.0 Å². The molecule has 1 aromatic heterocycles. The van der Waals surface area contributed by atoms with Gasteiger partial charge in [-0.15, -0.1) is 0 Å². The fraction of sp³-hybridized carbons (Fsp3) is 0.600. The maximum atomic E-state index is 11.7. The zero-order valence-electron chi connectivity index (χ0n) is 8.94. The Hall–Kier alpha value is -1.36. The topological polar surface area (TPSA) is 67.2 Å². The van der Waals surface area contributed by atoms with Crippen LogP contribution in [0.5, 0.6) is 0 Å². The molecule has 0 saturated heterocycles. The van der Waals surface area contributed by atoms with Gasteiger partial charge >= 0.3 is 0 Å². The third-order valence-corrected chi connectivity index (χ3v) is 2.13. The zero-order chi connectivity index (χ0) is 11.1. The van der Waals surface area contributed by atoms with Gasteiger partial charge < -0.3 is 15.0 Å². The van der Waals surface area contributed by atoms with E-state index in [0.29, 0.717) is 18.9 Å². The van der Waals surface area contributed by atoms with E-state index in [0.717, 1.165) is 12.8 Å². The van der Waals surface area contributed by atoms with Crippen molar-refractivity contribution in [2.75, 3.05) is 18.5 Å². The van der Waals surface area contributed by atoms with Gasteiger partial charge in [0.1, 0.15) is 0 Å². The van der Waals surface area contributed by atoms with Crippen LogP contribution in [0.1, 0.15) is 19.8 Å². The second-order valence-corrected chi connectivity index (χ2v) is 3.22. The van der Waals surface area contributed by atoms with Crippen molar-refractivity contribution in [1.29, 1.82) is 0 Å². The first-order valence-electron chi connectivity index (χ1n) is 5.19. The van der Waals surface area contributed by atoms with E-state index in [-0.39, 0.29) is 12.2 Å². The van der Waals surface area contributed by atoms with Gasteiger partial charge in [0.05, 0.1) is 0 Å². The Morgan fingerprint density at radius 1 is 1.53 bits per heavy atom. The van der Waals surface area contributed by atoms with Crippen molar-refractivity contribution in [3.63, 3.8) is 0 Å². The van der Waals surface area contributed by atoms with Crippen LogP contribution in [0.4, 0.5) is 5.82 Å². The van der Waals surface area contributed by atoms with Crippen molar-refractivity contribution in [2.45, 2.75) is 26.3 Å². The standard InChI is InChI=1S/C10H17N3O2/c1-2-13-7-6-12-9(10(13)15)11-5-3-4-8-14/h6-7,14H,2-5,8H2,1H3,(H,11,12). The van der Waals surface area contributed by atoms with Crippen LogP contribution in [0.25, 0.3) is 0 Å². The van der Waals surface area contributed by atoms with Crippen LogP contribution < -0.4 is 10.9 Å². The molecule has 0 aliphatic rings. The SMILES string of the molecule is CCn1ccnc(NCCCCO)c1=O. The molecule has 0 bridgehead atoms. The Morgan fingerprint density at radius 2 is 2.33 bits per heavy atom. The summed E-state index contributed by atoms with van der Waals surface area (Å²) in [4.78, 5) is 15.6. The summed E-state index contributed by atoms with van der Waals surface area (Å²) >= 11 is 0. The Bertz CT molecular complexity index is 349. The lowest BCUT2D eigenvalue weighted by molar-refractivity contribution is 0.286. The number of aromatic nitrogens is 2. The highest BCUT2D eigenvalue weighted by atomic mass is 16.2. The van der Waals surface area contributed by atoms with Crippen LogP contribution in [0.3, 0.4) is 0 Å². The minimum absolute atomic E-state index is 0.0935. The van der Waals surface area contributed by atoms with Crippen molar-refractivity contribution >= 4 is 5.82 Å². The number of hydrogen-bond acceptors (Lipinski definition) is 4. The van der Waals surface area contributed by atoms with Crippen molar-refractivity contribution in [1.82, 2.24) is 9.55 Å². The number of nitrogens with one attached hydrogen (secondary N) is 1. The first kappa shape index (κ1) is 11.7. The molecule has 0 amide bonds. The number of rotatable bonds is 6. The molecule has 5 nitrogen and oxygen atoms in total. The van der Waals surface area contributed by atoms with Crippen LogP contribution in [0.15, 0.2) is 17.2 Å². The summed E-state index contributed by atoms with van der Waals surface area (Å²) in [7, 11) is 0. The van der Waals surface area contributed by atoms with Gasteiger partial charge in [-0.25, -0.2) is 4.98 Å². The highest BCUT2D eigenvalue weighted by Gasteiger charge is 2.01. The summed E-state index contributed by atoms with van der Waals surface area (Å²) in [6.45, 7) is 3.41. The summed E-state index contributed by atoms with van der Waals surface area (Å²) < 4.78 is 1.60. The third-order valence-electron chi connectivity index (χ3n) is 2.13. The molecule has 1 heterocycles. The van der Waals surface area contributed by atoms with E-state index in [4.69, 9.17) is 5.11 Å². The molecule has 0 fully saturated rings.